The van der Waals surface area contributed by atoms with Crippen LogP contribution < -0.4 is 14.8 Å². The summed E-state index contributed by atoms with van der Waals surface area (Å²) >= 11 is 0. The number of hydrogen-bond acceptors (Lipinski definition) is 3. The van der Waals surface area contributed by atoms with Gasteiger partial charge in [0.15, 0.2) is 11.5 Å². The van der Waals surface area contributed by atoms with Crippen molar-refractivity contribution in [3.05, 3.63) is 23.8 Å². The zero-order valence-electron chi connectivity index (χ0n) is 12.9. The van der Waals surface area contributed by atoms with Gasteiger partial charge in [0, 0.05) is 18.2 Å². The summed E-state index contributed by atoms with van der Waals surface area (Å²) < 4.78 is 11.3. The zero-order valence-corrected chi connectivity index (χ0v) is 12.9. The first-order chi connectivity index (χ1) is 9.66. The van der Waals surface area contributed by atoms with Crippen molar-refractivity contribution in [2.75, 3.05) is 13.2 Å². The lowest BCUT2D eigenvalue weighted by Crippen LogP contribution is -2.26. The molecule has 0 saturated heterocycles. The molecule has 1 atom stereocenters. The minimum absolute atomic E-state index is 0.536. The molecule has 3 heteroatoms. The quantitative estimate of drug-likeness (QED) is 0.823. The second kappa shape index (κ2) is 7.53. The standard InChI is InChI=1S/C17H27NO2/c1-13(2)6-4-7-14(3)18-12-15-8-5-9-16-17(15)20-11-10-19-16/h5,8-9,13-14,18H,4,6-7,10-12H2,1-3H3. The summed E-state index contributed by atoms with van der Waals surface area (Å²) in [5.41, 5.74) is 1.19. The normalized spacial score (nSPS) is 15.4. The molecule has 1 N–H and O–H groups in total. The van der Waals surface area contributed by atoms with Crippen LogP contribution >= 0.6 is 0 Å². The summed E-state index contributed by atoms with van der Waals surface area (Å²) in [6, 6.07) is 6.66. The predicted octanol–water partition coefficient (Wildman–Crippen LogP) is 3.76. The van der Waals surface area contributed by atoms with E-state index in [-0.39, 0.29) is 0 Å². The molecule has 0 amide bonds. The van der Waals surface area contributed by atoms with Crippen LogP contribution in [0.5, 0.6) is 11.5 Å². The largest absolute Gasteiger partial charge is 0.486 e. The molecule has 0 bridgehead atoms. The fourth-order valence-electron chi connectivity index (χ4n) is 2.49. The van der Waals surface area contributed by atoms with Crippen molar-refractivity contribution in [2.24, 2.45) is 5.92 Å². The summed E-state index contributed by atoms with van der Waals surface area (Å²) in [4.78, 5) is 0. The Kier molecular flexibility index (Phi) is 5.72. The van der Waals surface area contributed by atoms with Gasteiger partial charge in [-0.25, -0.2) is 0 Å². The van der Waals surface area contributed by atoms with Crippen LogP contribution in [0.15, 0.2) is 18.2 Å². The van der Waals surface area contributed by atoms with Gasteiger partial charge in [0.05, 0.1) is 0 Å². The van der Waals surface area contributed by atoms with Crippen LogP contribution in [0.2, 0.25) is 0 Å². The maximum atomic E-state index is 5.73. The summed E-state index contributed by atoms with van der Waals surface area (Å²) in [6.45, 7) is 8.96. The number of nitrogens with one attached hydrogen (secondary N) is 1. The van der Waals surface area contributed by atoms with Crippen molar-refractivity contribution in [3.63, 3.8) is 0 Å². The van der Waals surface area contributed by atoms with Gasteiger partial charge in [-0.2, -0.15) is 0 Å². The van der Waals surface area contributed by atoms with E-state index in [0.717, 1.165) is 24.0 Å². The Balaban J connectivity index is 1.82. The van der Waals surface area contributed by atoms with Crippen molar-refractivity contribution in [2.45, 2.75) is 52.6 Å². The second-order valence-electron chi connectivity index (χ2n) is 6.05. The van der Waals surface area contributed by atoms with Gasteiger partial charge in [0.25, 0.3) is 0 Å². The molecule has 112 valence electrons. The van der Waals surface area contributed by atoms with Crippen LogP contribution in [0.25, 0.3) is 0 Å². The monoisotopic (exact) mass is 277 g/mol. The average molecular weight is 277 g/mol. The first kappa shape index (κ1) is 15.2. The van der Waals surface area contributed by atoms with Gasteiger partial charge in [0.2, 0.25) is 0 Å². The number of ether oxygens (including phenoxy) is 2. The Morgan fingerprint density at radius 3 is 2.70 bits per heavy atom. The molecule has 0 radical (unpaired) electrons. The Morgan fingerprint density at radius 1 is 1.10 bits per heavy atom. The van der Waals surface area contributed by atoms with Crippen LogP contribution in [-0.2, 0) is 6.54 Å². The molecule has 1 aromatic carbocycles. The summed E-state index contributed by atoms with van der Waals surface area (Å²) in [5.74, 6) is 2.59. The van der Waals surface area contributed by atoms with Crippen LogP contribution in [0.1, 0.15) is 45.6 Å². The Bertz CT molecular complexity index is 417. The number of hydrogen-bond donors (Lipinski definition) is 1. The minimum atomic E-state index is 0.536. The lowest BCUT2D eigenvalue weighted by atomic mass is 10.0. The zero-order chi connectivity index (χ0) is 14.4. The van der Waals surface area contributed by atoms with Crippen molar-refractivity contribution in [1.82, 2.24) is 5.32 Å². The molecule has 20 heavy (non-hydrogen) atoms. The van der Waals surface area contributed by atoms with E-state index in [1.165, 1.54) is 24.8 Å². The molecule has 1 heterocycles. The molecule has 0 spiro atoms. The number of para-hydroxylation sites is 1. The number of benzene rings is 1. The van der Waals surface area contributed by atoms with E-state index in [9.17, 15) is 0 Å². The van der Waals surface area contributed by atoms with Crippen molar-refractivity contribution >= 4 is 0 Å². The maximum absolute atomic E-state index is 5.73. The van der Waals surface area contributed by atoms with Crippen molar-refractivity contribution in [1.29, 1.82) is 0 Å². The van der Waals surface area contributed by atoms with Gasteiger partial charge in [0.1, 0.15) is 13.2 Å². The van der Waals surface area contributed by atoms with Gasteiger partial charge < -0.3 is 14.8 Å². The lowest BCUT2D eigenvalue weighted by molar-refractivity contribution is 0.169. The molecule has 2 rings (SSSR count). The van der Waals surface area contributed by atoms with Gasteiger partial charge in [-0.1, -0.05) is 38.8 Å². The van der Waals surface area contributed by atoms with E-state index >= 15 is 0 Å². The first-order valence-electron chi connectivity index (χ1n) is 7.77. The summed E-state index contributed by atoms with van der Waals surface area (Å²) in [6.07, 6.45) is 3.83. The van der Waals surface area contributed by atoms with E-state index in [1.807, 2.05) is 12.1 Å². The second-order valence-corrected chi connectivity index (χ2v) is 6.05. The predicted molar refractivity (Wildman–Crippen MR) is 82.4 cm³/mol. The van der Waals surface area contributed by atoms with Gasteiger partial charge in [-0.3, -0.25) is 0 Å². The molecule has 1 unspecified atom stereocenters. The molecule has 0 aromatic heterocycles. The highest BCUT2D eigenvalue weighted by molar-refractivity contribution is 5.47. The van der Waals surface area contributed by atoms with Crippen molar-refractivity contribution in [3.8, 4) is 11.5 Å². The van der Waals surface area contributed by atoms with Gasteiger partial charge in [-0.05, 0) is 25.3 Å². The van der Waals surface area contributed by atoms with E-state index in [4.69, 9.17) is 9.47 Å². The third-order valence-corrected chi connectivity index (χ3v) is 3.71. The molecule has 0 fully saturated rings. The van der Waals surface area contributed by atoms with Crippen LogP contribution in [-0.4, -0.2) is 19.3 Å². The Hall–Kier alpha value is -1.22. The van der Waals surface area contributed by atoms with E-state index in [0.29, 0.717) is 19.3 Å². The molecule has 1 aliphatic heterocycles. The highest BCUT2D eigenvalue weighted by Gasteiger charge is 2.15. The van der Waals surface area contributed by atoms with Gasteiger partial charge >= 0.3 is 0 Å². The highest BCUT2D eigenvalue weighted by atomic mass is 16.6. The summed E-state index contributed by atoms with van der Waals surface area (Å²) in [7, 11) is 0. The molecule has 1 aliphatic rings. The average Bonchev–Trinajstić information content (AvgIpc) is 2.44. The molecule has 0 saturated carbocycles. The Morgan fingerprint density at radius 2 is 1.90 bits per heavy atom. The fourth-order valence-corrected chi connectivity index (χ4v) is 2.49. The molecule has 1 aromatic rings. The molecule has 3 nitrogen and oxygen atoms in total. The van der Waals surface area contributed by atoms with Gasteiger partial charge in [-0.15, -0.1) is 0 Å². The Labute approximate surface area is 122 Å². The topological polar surface area (TPSA) is 30.5 Å². The van der Waals surface area contributed by atoms with E-state index < -0.39 is 0 Å². The van der Waals surface area contributed by atoms with Crippen molar-refractivity contribution < 1.29 is 9.47 Å². The molecular weight excluding hydrogens is 250 g/mol. The van der Waals surface area contributed by atoms with E-state index in [1.54, 1.807) is 0 Å². The molecule has 0 aliphatic carbocycles. The smallest absolute Gasteiger partial charge is 0.165 e. The minimum Gasteiger partial charge on any atom is -0.486 e. The lowest BCUT2D eigenvalue weighted by Gasteiger charge is -2.22. The fraction of sp³-hybridized carbons (Fsp3) is 0.647. The number of rotatable bonds is 7. The summed E-state index contributed by atoms with van der Waals surface area (Å²) in [5, 5.41) is 3.59. The third kappa shape index (κ3) is 4.41. The SMILES string of the molecule is CC(C)CCCC(C)NCc1cccc2c1OCCO2. The maximum Gasteiger partial charge on any atom is 0.165 e. The van der Waals surface area contributed by atoms with Crippen LogP contribution in [0.3, 0.4) is 0 Å². The van der Waals surface area contributed by atoms with E-state index in [2.05, 4.69) is 32.2 Å². The third-order valence-electron chi connectivity index (χ3n) is 3.71. The first-order valence-corrected chi connectivity index (χ1v) is 7.77. The molecular formula is C17H27NO2. The highest BCUT2D eigenvalue weighted by Crippen LogP contribution is 2.33. The number of fused-ring (bicyclic) bond motifs is 1. The van der Waals surface area contributed by atoms with Crippen LogP contribution in [0.4, 0.5) is 0 Å². The van der Waals surface area contributed by atoms with Crippen LogP contribution in [0, 0.1) is 5.92 Å².